The van der Waals surface area contributed by atoms with Gasteiger partial charge in [0.15, 0.2) is 0 Å². The van der Waals surface area contributed by atoms with Gasteiger partial charge in [0, 0.05) is 23.2 Å². The fourth-order valence-corrected chi connectivity index (χ4v) is 8.28. The minimum absolute atomic E-state index is 0. The summed E-state index contributed by atoms with van der Waals surface area (Å²) in [6.07, 6.45) is 15.6. The van der Waals surface area contributed by atoms with E-state index in [2.05, 4.69) is 135 Å². The van der Waals surface area contributed by atoms with E-state index < -0.39 is 0 Å². The third-order valence-electron chi connectivity index (χ3n) is 10.3. The van der Waals surface area contributed by atoms with Gasteiger partial charge in [-0.1, -0.05) is 135 Å². The Bertz CT molecular complexity index is 2610. The standard InChI is InChI=1S/2C24H16NS.C3H6.2ClH.Zr/c2*1-15-11-21-19(16-7-3-2-4-8-16)13-20(23(21)24(15)26)18-12-17-9-5-6-10-22(17)25-14-18;1-3-2;;;/h2*2-10,12-14,21H,1H3;1-2H3;2*1H;/q2*-1;;;;+2/p-2. The summed E-state index contributed by atoms with van der Waals surface area (Å²) in [5.74, 6) is 0.262. The van der Waals surface area contributed by atoms with Crippen LogP contribution in [-0.2, 0) is 24.2 Å². The molecule has 0 saturated carbocycles. The van der Waals surface area contributed by atoms with Gasteiger partial charge in [-0.3, -0.25) is 22.1 Å². The molecule has 0 N–H and O–H groups in total. The number of rotatable bonds is 4. The van der Waals surface area contributed by atoms with E-state index in [1.54, 1.807) is 24.2 Å². The molecule has 2 nitrogen and oxygen atoms in total. The molecule has 0 spiro atoms. The normalized spacial score (nSPS) is 17.5. The first-order valence-electron chi connectivity index (χ1n) is 18.7. The number of hydrogen-bond acceptors (Lipinski definition) is 4. The zero-order chi connectivity index (χ0) is 38.9. The van der Waals surface area contributed by atoms with Crippen LogP contribution in [0.1, 0.15) is 49.9 Å². The predicted molar refractivity (Wildman–Crippen MR) is 240 cm³/mol. The van der Waals surface area contributed by atoms with Crippen molar-refractivity contribution in [2.24, 2.45) is 11.8 Å². The Hall–Kier alpha value is -4.35. The molecule has 4 aliphatic rings. The van der Waals surface area contributed by atoms with E-state index in [4.69, 9.17) is 24.4 Å². The van der Waals surface area contributed by atoms with Crippen LogP contribution >= 0.6 is 24.4 Å². The van der Waals surface area contributed by atoms with Gasteiger partial charge in [0.25, 0.3) is 0 Å². The van der Waals surface area contributed by atoms with Gasteiger partial charge >= 0.3 is 41.3 Å². The number of hydrogen-bond donors (Lipinski definition) is 0. The number of allylic oxidation sites excluding steroid dienone is 12. The monoisotopic (exact) mass is 902 g/mol. The second-order valence-corrected chi connectivity index (χ2v) is 17.8. The van der Waals surface area contributed by atoms with Crippen molar-refractivity contribution in [3.63, 3.8) is 0 Å². The predicted octanol–water partition coefficient (Wildman–Crippen LogP) is 6.42. The number of fused-ring (bicyclic) bond motifs is 4. The summed E-state index contributed by atoms with van der Waals surface area (Å²) in [5.41, 5.74) is 16.2. The molecule has 2 unspecified atom stereocenters. The van der Waals surface area contributed by atoms with E-state index in [1.165, 1.54) is 47.8 Å². The fraction of sp³-hybridized carbons (Fsp3) is 0.118. The van der Waals surface area contributed by atoms with Crippen LogP contribution in [0.2, 0.25) is 0 Å². The summed E-state index contributed by atoms with van der Waals surface area (Å²) in [6.45, 7) is 8.37. The summed E-state index contributed by atoms with van der Waals surface area (Å²) >= 11 is 13.0. The molecule has 4 aliphatic carbocycles. The van der Waals surface area contributed by atoms with Crippen molar-refractivity contribution in [3.05, 3.63) is 203 Å². The third-order valence-corrected chi connectivity index (χ3v) is 11.3. The van der Waals surface area contributed by atoms with Crippen molar-refractivity contribution >= 4 is 81.5 Å². The zero-order valence-electron chi connectivity index (χ0n) is 32.5. The molecule has 2 heterocycles. The Kier molecular flexibility index (Phi) is 13.9. The van der Waals surface area contributed by atoms with E-state index in [-0.39, 0.29) is 36.6 Å². The second kappa shape index (κ2) is 18.7. The van der Waals surface area contributed by atoms with Crippen molar-refractivity contribution in [2.45, 2.75) is 27.7 Å². The first-order valence-corrected chi connectivity index (χ1v) is 20.8. The summed E-state index contributed by atoms with van der Waals surface area (Å²) < 4.78 is 1.51. The topological polar surface area (TPSA) is 25.8 Å². The fourth-order valence-electron chi connectivity index (χ4n) is 7.71. The maximum Gasteiger partial charge on any atom is -1.00 e. The van der Waals surface area contributed by atoms with Crippen LogP contribution in [0.15, 0.2) is 168 Å². The average Bonchev–Trinajstić information content (AvgIpc) is 3.95. The second-order valence-electron chi connectivity index (χ2n) is 14.5. The molecule has 0 saturated heterocycles. The summed E-state index contributed by atoms with van der Waals surface area (Å²) in [6, 6.07) is 41.9. The smallest absolute Gasteiger partial charge is 1.00 e. The Balaban J connectivity index is 0.000000174. The molecule has 58 heavy (non-hydrogen) atoms. The van der Waals surface area contributed by atoms with Crippen LogP contribution in [0.5, 0.6) is 0 Å². The first kappa shape index (κ1) is 43.2. The molecular weight excluding hydrogens is 867 g/mol. The van der Waals surface area contributed by atoms with Crippen LogP contribution in [-0.4, -0.2) is 22.9 Å². The molecule has 6 aromatic rings. The maximum atomic E-state index is 5.74. The molecule has 0 aliphatic heterocycles. The number of aromatic nitrogens is 2. The number of nitrogens with zero attached hydrogens (tertiary/aromatic N) is 2. The number of benzene rings is 4. The molecule has 0 bridgehead atoms. The number of thiocarbonyl (C=S) groups is 2. The molecule has 0 radical (unpaired) electrons. The van der Waals surface area contributed by atoms with Crippen LogP contribution < -0.4 is 24.8 Å². The molecule has 0 fully saturated rings. The Labute approximate surface area is 379 Å². The largest absolute Gasteiger partial charge is 1.00 e. The molecule has 0 amide bonds. The van der Waals surface area contributed by atoms with Gasteiger partial charge in [-0.15, -0.1) is 20.9 Å². The maximum absolute atomic E-state index is 5.74. The van der Waals surface area contributed by atoms with E-state index in [0.29, 0.717) is 0 Å². The minimum Gasteiger partial charge on any atom is -1.00 e. The first-order chi connectivity index (χ1) is 27.2. The van der Waals surface area contributed by atoms with Crippen molar-refractivity contribution in [2.75, 3.05) is 0 Å². The van der Waals surface area contributed by atoms with Gasteiger partial charge in [0.2, 0.25) is 0 Å². The van der Waals surface area contributed by atoms with Crippen LogP contribution in [0.25, 0.3) is 44.1 Å². The number of pyridine rings is 2. The van der Waals surface area contributed by atoms with E-state index in [0.717, 1.165) is 53.8 Å². The summed E-state index contributed by atoms with van der Waals surface area (Å²) in [7, 11) is 0. The molecule has 10 rings (SSSR count). The zero-order valence-corrected chi connectivity index (χ0v) is 38.1. The third kappa shape index (κ3) is 8.67. The molecule has 284 valence electrons. The summed E-state index contributed by atoms with van der Waals surface area (Å²) in [4.78, 5) is 11.2. The number of para-hydroxylation sites is 2. The van der Waals surface area contributed by atoms with Gasteiger partial charge in [0.05, 0.1) is 11.0 Å². The minimum atomic E-state index is 0. The van der Waals surface area contributed by atoms with Gasteiger partial charge in [-0.05, 0) is 68.8 Å². The van der Waals surface area contributed by atoms with Crippen molar-refractivity contribution < 1.29 is 49.0 Å². The molecule has 2 aromatic heterocycles. The van der Waals surface area contributed by atoms with Gasteiger partial charge in [-0.2, -0.15) is 0 Å². The van der Waals surface area contributed by atoms with Crippen molar-refractivity contribution in [3.8, 4) is 0 Å². The van der Waals surface area contributed by atoms with E-state index >= 15 is 0 Å². The SMILES string of the molecule is CC1=[C-]C2C(c3ccccc3)=CC(c3cnc4ccccc4c3)=C2C1=S.CC1=[C-]C2C(c3ccccc3)=CC(c3cnc4ccccc4c3)=C2C1=S.C[C](C)=[Zr+2].[Cl-].[Cl-]. The Morgan fingerprint density at radius 2 is 0.879 bits per heavy atom. The number of halogens is 2. The van der Waals surface area contributed by atoms with E-state index in [9.17, 15) is 0 Å². The summed E-state index contributed by atoms with van der Waals surface area (Å²) in [5, 5.41) is 2.29. The molecule has 7 heteroatoms. The molecular formula is C51H38Cl2N2S2Zr-2. The quantitative estimate of drug-likeness (QED) is 0.151. The van der Waals surface area contributed by atoms with Gasteiger partial charge < -0.3 is 24.8 Å². The van der Waals surface area contributed by atoms with Crippen LogP contribution in [0.3, 0.4) is 0 Å². The van der Waals surface area contributed by atoms with Crippen LogP contribution in [0, 0.1) is 24.0 Å². The van der Waals surface area contributed by atoms with Gasteiger partial charge in [-0.25, -0.2) is 35.6 Å². The van der Waals surface area contributed by atoms with E-state index in [1.807, 2.05) is 60.9 Å². The van der Waals surface area contributed by atoms with Crippen molar-refractivity contribution in [1.82, 2.24) is 9.97 Å². The van der Waals surface area contributed by atoms with Crippen molar-refractivity contribution in [1.29, 1.82) is 0 Å². The molecule has 4 aromatic carbocycles. The average molecular weight is 905 g/mol. The Morgan fingerprint density at radius 1 is 0.534 bits per heavy atom. The van der Waals surface area contributed by atoms with Crippen LogP contribution in [0.4, 0.5) is 0 Å². The Morgan fingerprint density at radius 3 is 1.26 bits per heavy atom. The van der Waals surface area contributed by atoms with Gasteiger partial charge in [0.1, 0.15) is 0 Å². The molecule has 2 atom stereocenters.